The Kier molecular flexibility index (Phi) is 23.0. The van der Waals surface area contributed by atoms with Crippen LogP contribution in [0.25, 0.3) is 10.4 Å². The predicted octanol–water partition coefficient (Wildman–Crippen LogP) is 1.75. The maximum atomic E-state index is 13.7. The number of azide groups is 1. The lowest BCUT2D eigenvalue weighted by molar-refractivity contribution is -0.159. The smallest absolute Gasteiger partial charge is 0.407 e. The summed E-state index contributed by atoms with van der Waals surface area (Å²) in [5, 5.41) is 20.3. The second kappa shape index (κ2) is 26.7. The van der Waals surface area contributed by atoms with Crippen molar-refractivity contribution in [3.05, 3.63) is 46.3 Å². The third-order valence-electron chi connectivity index (χ3n) is 7.26. The van der Waals surface area contributed by atoms with Crippen LogP contribution in [0, 0.1) is 0 Å². The molecule has 0 heterocycles. The summed E-state index contributed by atoms with van der Waals surface area (Å²) in [4.78, 5) is 102. The van der Waals surface area contributed by atoms with Crippen molar-refractivity contribution in [3.63, 3.8) is 0 Å². The number of rotatable bonds is 24. The highest BCUT2D eigenvalue weighted by atomic mass is 16.6. The Labute approximate surface area is 337 Å². The van der Waals surface area contributed by atoms with Crippen LogP contribution in [0.1, 0.15) is 85.6 Å². The summed E-state index contributed by atoms with van der Waals surface area (Å²) in [6.07, 6.45) is 0.573. The average molecular weight is 819 g/mol. The van der Waals surface area contributed by atoms with E-state index in [1.54, 1.807) is 41.5 Å². The molecule has 58 heavy (non-hydrogen) atoms. The van der Waals surface area contributed by atoms with Gasteiger partial charge in [-0.15, -0.1) is 0 Å². The van der Waals surface area contributed by atoms with Crippen molar-refractivity contribution in [2.45, 2.75) is 110 Å². The second-order valence-electron chi connectivity index (χ2n) is 14.8. The molecule has 0 spiro atoms. The van der Waals surface area contributed by atoms with Crippen molar-refractivity contribution < 1.29 is 52.6 Å². The number of hydrogen-bond donors (Lipinski definition) is 7. The monoisotopic (exact) mass is 818 g/mol. The molecule has 0 aliphatic rings. The second-order valence-corrected chi connectivity index (χ2v) is 14.8. The van der Waals surface area contributed by atoms with Gasteiger partial charge in [-0.1, -0.05) is 35.4 Å². The van der Waals surface area contributed by atoms with E-state index in [9.17, 15) is 38.4 Å². The van der Waals surface area contributed by atoms with E-state index in [4.69, 9.17) is 19.7 Å². The molecule has 0 radical (unpaired) electrons. The fourth-order valence-corrected chi connectivity index (χ4v) is 4.64. The van der Waals surface area contributed by atoms with Gasteiger partial charge < -0.3 is 51.4 Å². The molecule has 7 N–H and O–H groups in total. The van der Waals surface area contributed by atoms with E-state index in [1.165, 1.54) is 0 Å². The fraction of sp³-hybridized carbons (Fsp3) is 0.622. The van der Waals surface area contributed by atoms with E-state index >= 15 is 0 Å². The number of benzene rings is 1. The molecule has 0 aliphatic carbocycles. The molecule has 0 aromatic heterocycles. The van der Waals surface area contributed by atoms with Gasteiger partial charge in [0, 0.05) is 18.0 Å². The Balaban J connectivity index is 2.85. The summed E-state index contributed by atoms with van der Waals surface area (Å²) in [6.45, 7) is 8.66. The molecule has 7 amide bonds. The number of carbonyl (C=O) groups is 8. The van der Waals surface area contributed by atoms with Crippen molar-refractivity contribution in [3.8, 4) is 0 Å². The van der Waals surface area contributed by atoms with Gasteiger partial charge in [-0.3, -0.25) is 24.0 Å². The van der Waals surface area contributed by atoms with Gasteiger partial charge in [-0.25, -0.2) is 14.4 Å². The summed E-state index contributed by atoms with van der Waals surface area (Å²) < 4.78 is 16.0. The normalized spacial score (nSPS) is 11.9. The van der Waals surface area contributed by atoms with E-state index in [0.717, 1.165) is 5.56 Å². The van der Waals surface area contributed by atoms with E-state index in [-0.39, 0.29) is 32.5 Å². The largest absolute Gasteiger partial charge is 0.458 e. The first-order chi connectivity index (χ1) is 27.3. The Morgan fingerprint density at radius 2 is 1.16 bits per heavy atom. The van der Waals surface area contributed by atoms with E-state index in [2.05, 4.69) is 47.2 Å². The molecule has 1 aromatic carbocycles. The Morgan fingerprint density at radius 3 is 1.71 bits per heavy atom. The number of carbonyl (C=O) groups excluding carboxylic acids is 8. The summed E-state index contributed by atoms with van der Waals surface area (Å²) in [5.41, 5.74) is 7.51. The maximum absolute atomic E-state index is 13.7. The summed E-state index contributed by atoms with van der Waals surface area (Å²) >= 11 is 0. The average Bonchev–Trinajstić information content (AvgIpc) is 3.14. The number of ether oxygens (including phenoxy) is 3. The Hall–Kier alpha value is -6.11. The van der Waals surface area contributed by atoms with Crippen LogP contribution in [-0.2, 0) is 49.6 Å². The number of nitrogens with zero attached hydrogens (tertiary/aromatic N) is 3. The van der Waals surface area contributed by atoms with E-state index in [1.807, 2.05) is 30.3 Å². The van der Waals surface area contributed by atoms with Crippen LogP contribution < -0.4 is 37.2 Å². The molecule has 2 atom stereocenters. The minimum absolute atomic E-state index is 0.0824. The van der Waals surface area contributed by atoms with Gasteiger partial charge in [0.05, 0.1) is 19.6 Å². The first-order valence-electron chi connectivity index (χ1n) is 18.8. The van der Waals surface area contributed by atoms with Crippen molar-refractivity contribution in [2.75, 3.05) is 39.3 Å². The van der Waals surface area contributed by atoms with Crippen molar-refractivity contribution in [2.24, 2.45) is 5.11 Å². The first-order valence-corrected chi connectivity index (χ1v) is 18.8. The highest BCUT2D eigenvalue weighted by molar-refractivity contribution is 5.93. The molecule has 0 aliphatic heterocycles. The quantitative estimate of drug-likeness (QED) is 0.0197. The first kappa shape index (κ1) is 49.9. The molecular formula is C37H58N10O11. The van der Waals surface area contributed by atoms with Gasteiger partial charge in [0.1, 0.15) is 36.4 Å². The van der Waals surface area contributed by atoms with Crippen LogP contribution in [0.4, 0.5) is 9.59 Å². The zero-order valence-electron chi connectivity index (χ0n) is 34.1. The lowest BCUT2D eigenvalue weighted by atomic mass is 10.1. The topological polar surface area (TPSA) is 297 Å². The van der Waals surface area contributed by atoms with Crippen molar-refractivity contribution in [1.82, 2.24) is 37.2 Å². The third kappa shape index (κ3) is 25.9. The zero-order valence-corrected chi connectivity index (χ0v) is 34.1. The molecule has 0 fully saturated rings. The van der Waals surface area contributed by atoms with Gasteiger partial charge in [0.2, 0.25) is 29.5 Å². The zero-order chi connectivity index (χ0) is 43.6. The molecule has 1 rings (SSSR count). The molecule has 1 aromatic rings. The molecule has 21 nitrogen and oxygen atoms in total. The van der Waals surface area contributed by atoms with Crippen molar-refractivity contribution >= 4 is 47.7 Å². The van der Waals surface area contributed by atoms with Gasteiger partial charge in [0.25, 0.3) is 0 Å². The van der Waals surface area contributed by atoms with Gasteiger partial charge in [0.15, 0.2) is 0 Å². The van der Waals surface area contributed by atoms with Crippen LogP contribution in [0.5, 0.6) is 0 Å². The molecule has 322 valence electrons. The molecule has 1 unspecified atom stereocenters. The number of unbranched alkanes of at least 4 members (excludes halogenated alkanes) is 2. The van der Waals surface area contributed by atoms with Gasteiger partial charge >= 0.3 is 18.2 Å². The summed E-state index contributed by atoms with van der Waals surface area (Å²) in [6, 6.07) is 6.88. The molecule has 0 saturated heterocycles. The van der Waals surface area contributed by atoms with Crippen LogP contribution >= 0.6 is 0 Å². The van der Waals surface area contributed by atoms with Gasteiger partial charge in [-0.2, -0.15) is 0 Å². The lowest BCUT2D eigenvalue weighted by Crippen LogP contribution is -2.54. The lowest BCUT2D eigenvalue weighted by Gasteiger charge is -2.26. The minimum Gasteiger partial charge on any atom is -0.458 e. The Morgan fingerprint density at radius 1 is 0.638 bits per heavy atom. The standard InChI is InChI=1S/C37H58N10O11/c1-36(2,3)57-33(53)27(17-11-13-18-39-34(54)56-24-25-14-8-7-9-15-25)46-32(52)26(16-10-12-19-40-35(55)58-37(4,5)6)45-31(51)22-43-29(49)20-41-28(48)21-42-30(50)23-44-47-38/h7-9,14-15,26-27H,10-13,16-24H2,1-6H3,(H,39,54)(H,40,55)(H,41,48)(H,42,50)(H,43,49)(H,45,51)(H,46,52)/t26?,27-/m0/s1. The molecular weight excluding hydrogens is 760 g/mol. The fourth-order valence-electron chi connectivity index (χ4n) is 4.64. The SMILES string of the molecule is CC(C)(C)OC(=O)NCCCCC(NC(=O)CNC(=O)CNC(=O)CNC(=O)CN=[N+]=[N-])C(=O)N[C@@H](CCCCNC(=O)OCc1ccccc1)C(=O)OC(C)(C)C. The number of esters is 1. The van der Waals surface area contributed by atoms with Crippen LogP contribution in [0.15, 0.2) is 35.4 Å². The summed E-state index contributed by atoms with van der Waals surface area (Å²) in [7, 11) is 0. The number of nitrogens with one attached hydrogen (secondary N) is 7. The number of alkyl carbamates (subject to hydrolysis) is 2. The van der Waals surface area contributed by atoms with E-state index < -0.39 is 97.2 Å². The maximum Gasteiger partial charge on any atom is 0.407 e. The van der Waals surface area contributed by atoms with Gasteiger partial charge in [-0.05, 0) is 91.2 Å². The predicted molar refractivity (Wildman–Crippen MR) is 209 cm³/mol. The molecule has 0 saturated carbocycles. The highest BCUT2D eigenvalue weighted by Gasteiger charge is 2.30. The minimum atomic E-state index is -1.18. The summed E-state index contributed by atoms with van der Waals surface area (Å²) in [5.74, 6) is -4.32. The number of amides is 7. The number of hydrogen-bond acceptors (Lipinski definition) is 12. The Bertz CT molecular complexity index is 1570. The molecule has 21 heteroatoms. The van der Waals surface area contributed by atoms with Crippen LogP contribution in [-0.4, -0.2) is 110 Å². The van der Waals surface area contributed by atoms with E-state index in [0.29, 0.717) is 25.7 Å². The van der Waals surface area contributed by atoms with Crippen LogP contribution in [0.2, 0.25) is 0 Å². The third-order valence-corrected chi connectivity index (χ3v) is 7.26. The van der Waals surface area contributed by atoms with Crippen LogP contribution in [0.3, 0.4) is 0 Å². The molecule has 0 bridgehead atoms. The van der Waals surface area contributed by atoms with Crippen molar-refractivity contribution in [1.29, 1.82) is 0 Å². The highest BCUT2D eigenvalue weighted by Crippen LogP contribution is 2.13.